The van der Waals surface area contributed by atoms with E-state index in [1.165, 1.54) is 10.8 Å². The van der Waals surface area contributed by atoms with Gasteiger partial charge in [0, 0.05) is 31.0 Å². The van der Waals surface area contributed by atoms with Gasteiger partial charge in [0.05, 0.1) is 11.2 Å². The molecule has 7 heteroatoms. The van der Waals surface area contributed by atoms with Gasteiger partial charge in [-0.15, -0.1) is 0 Å². The Morgan fingerprint density at radius 3 is 2.68 bits per heavy atom. The third-order valence-electron chi connectivity index (χ3n) is 3.50. The number of aromatic nitrogens is 3. The molecule has 3 rings (SSSR count). The third-order valence-corrected chi connectivity index (χ3v) is 4.87. The van der Waals surface area contributed by atoms with Gasteiger partial charge in [-0.3, -0.25) is 9.71 Å². The van der Waals surface area contributed by atoms with E-state index < -0.39 is 10.0 Å². The topological polar surface area (TPSA) is 76.9 Å². The summed E-state index contributed by atoms with van der Waals surface area (Å²) < 4.78 is 29.0. The molecule has 22 heavy (non-hydrogen) atoms. The summed E-state index contributed by atoms with van der Waals surface area (Å²) in [4.78, 5) is 8.21. The smallest absolute Gasteiger partial charge is 0.295 e. The molecule has 0 aliphatic heterocycles. The van der Waals surface area contributed by atoms with Crippen LogP contribution in [-0.2, 0) is 23.5 Å². The van der Waals surface area contributed by atoms with Gasteiger partial charge in [-0.25, -0.2) is 4.98 Å². The van der Waals surface area contributed by atoms with Crippen LogP contribution in [0.5, 0.6) is 0 Å². The Hall–Kier alpha value is -2.41. The zero-order valence-corrected chi connectivity index (χ0v) is 13.1. The zero-order chi connectivity index (χ0) is 15.7. The number of benzene rings is 1. The minimum atomic E-state index is -3.75. The number of anilines is 1. The Morgan fingerprint density at radius 1 is 1.18 bits per heavy atom. The van der Waals surface area contributed by atoms with E-state index in [-0.39, 0.29) is 5.16 Å². The number of sulfonamides is 1. The molecular formula is C15H16N4O2S. The summed E-state index contributed by atoms with van der Waals surface area (Å²) >= 11 is 0. The van der Waals surface area contributed by atoms with Crippen molar-refractivity contribution in [2.24, 2.45) is 7.05 Å². The van der Waals surface area contributed by atoms with Crippen molar-refractivity contribution in [3.63, 3.8) is 0 Å². The lowest BCUT2D eigenvalue weighted by Crippen LogP contribution is -2.17. The van der Waals surface area contributed by atoms with Gasteiger partial charge in [0.1, 0.15) is 0 Å². The molecule has 0 bridgehead atoms. The van der Waals surface area contributed by atoms with Crippen molar-refractivity contribution in [1.82, 2.24) is 14.5 Å². The molecule has 0 saturated heterocycles. The first-order chi connectivity index (χ1) is 10.5. The normalized spacial score (nSPS) is 11.7. The molecule has 0 aliphatic rings. The van der Waals surface area contributed by atoms with Gasteiger partial charge < -0.3 is 4.57 Å². The van der Waals surface area contributed by atoms with E-state index in [1.54, 1.807) is 25.5 Å². The maximum atomic E-state index is 12.5. The van der Waals surface area contributed by atoms with Crippen molar-refractivity contribution in [2.45, 2.75) is 18.5 Å². The van der Waals surface area contributed by atoms with Crippen molar-refractivity contribution in [3.8, 4) is 0 Å². The van der Waals surface area contributed by atoms with Crippen molar-refractivity contribution in [1.29, 1.82) is 0 Å². The van der Waals surface area contributed by atoms with Gasteiger partial charge in [-0.2, -0.15) is 8.42 Å². The van der Waals surface area contributed by atoms with E-state index in [0.717, 1.165) is 17.4 Å². The fourth-order valence-electron chi connectivity index (χ4n) is 2.42. The number of imidazole rings is 1. The molecule has 0 saturated carbocycles. The molecular weight excluding hydrogens is 300 g/mol. The lowest BCUT2D eigenvalue weighted by atomic mass is 10.1. The van der Waals surface area contributed by atoms with Crippen LogP contribution in [0.25, 0.3) is 10.9 Å². The van der Waals surface area contributed by atoms with E-state index in [9.17, 15) is 8.42 Å². The molecule has 0 unspecified atom stereocenters. The summed E-state index contributed by atoms with van der Waals surface area (Å²) in [5, 5.41) is 0.918. The molecule has 114 valence electrons. The standard InChI is InChI=1S/C15H16N4O2S/c1-3-11-6-7-13(14-12(11)5-4-8-16-14)18-22(20,21)15-17-9-10-19(15)2/h4-10,18H,3H2,1-2H3. The van der Waals surface area contributed by atoms with Gasteiger partial charge >= 0.3 is 0 Å². The summed E-state index contributed by atoms with van der Waals surface area (Å²) in [6, 6.07) is 7.45. The number of hydrogen-bond acceptors (Lipinski definition) is 4. The Labute approximate surface area is 128 Å². The van der Waals surface area contributed by atoms with E-state index in [4.69, 9.17) is 0 Å². The maximum Gasteiger partial charge on any atom is 0.295 e. The third kappa shape index (κ3) is 2.43. The number of rotatable bonds is 4. The number of aryl methyl sites for hydroxylation is 2. The molecule has 1 N–H and O–H groups in total. The predicted molar refractivity (Wildman–Crippen MR) is 85.1 cm³/mol. The highest BCUT2D eigenvalue weighted by Crippen LogP contribution is 2.26. The van der Waals surface area contributed by atoms with Crippen LogP contribution in [0.1, 0.15) is 12.5 Å². The van der Waals surface area contributed by atoms with Crippen LogP contribution in [-0.4, -0.2) is 23.0 Å². The second kappa shape index (κ2) is 5.42. The predicted octanol–water partition coefficient (Wildman–Crippen LogP) is 2.33. The lowest BCUT2D eigenvalue weighted by molar-refractivity contribution is 0.584. The Bertz CT molecular complexity index is 932. The first-order valence-corrected chi connectivity index (χ1v) is 8.38. The molecule has 3 aromatic rings. The van der Waals surface area contributed by atoms with Gasteiger partial charge in [0.2, 0.25) is 5.16 Å². The Morgan fingerprint density at radius 2 is 2.00 bits per heavy atom. The summed E-state index contributed by atoms with van der Waals surface area (Å²) in [6.45, 7) is 2.06. The van der Waals surface area contributed by atoms with E-state index in [2.05, 4.69) is 21.6 Å². The SMILES string of the molecule is CCc1ccc(NS(=O)(=O)c2nccn2C)c2ncccc12. The van der Waals surface area contributed by atoms with Crippen LogP contribution < -0.4 is 4.72 Å². The summed E-state index contributed by atoms with van der Waals surface area (Å²) in [5.41, 5.74) is 2.22. The van der Waals surface area contributed by atoms with Crippen LogP contribution in [0.15, 0.2) is 48.0 Å². The molecule has 0 aliphatic carbocycles. The van der Waals surface area contributed by atoms with Crippen LogP contribution >= 0.6 is 0 Å². The monoisotopic (exact) mass is 316 g/mol. The van der Waals surface area contributed by atoms with Gasteiger partial charge in [0.15, 0.2) is 0 Å². The minimum absolute atomic E-state index is 0.0313. The molecule has 2 aromatic heterocycles. The first-order valence-electron chi connectivity index (χ1n) is 6.89. The molecule has 0 spiro atoms. The minimum Gasteiger partial charge on any atom is -0.323 e. The largest absolute Gasteiger partial charge is 0.323 e. The number of fused-ring (bicyclic) bond motifs is 1. The zero-order valence-electron chi connectivity index (χ0n) is 12.3. The fraction of sp³-hybridized carbons (Fsp3) is 0.200. The van der Waals surface area contributed by atoms with E-state index in [1.807, 2.05) is 18.2 Å². The lowest BCUT2D eigenvalue weighted by Gasteiger charge is -2.11. The quantitative estimate of drug-likeness (QED) is 0.801. The maximum absolute atomic E-state index is 12.5. The van der Waals surface area contributed by atoms with Crippen molar-refractivity contribution in [2.75, 3.05) is 4.72 Å². The Kier molecular flexibility index (Phi) is 3.58. The number of nitrogens with zero attached hydrogens (tertiary/aromatic N) is 3. The molecule has 0 amide bonds. The average Bonchev–Trinajstić information content (AvgIpc) is 2.94. The van der Waals surface area contributed by atoms with Crippen LogP contribution in [0.2, 0.25) is 0 Å². The van der Waals surface area contributed by atoms with Gasteiger partial charge in [-0.1, -0.05) is 19.1 Å². The van der Waals surface area contributed by atoms with Gasteiger partial charge in [-0.05, 0) is 24.1 Å². The summed E-state index contributed by atoms with van der Waals surface area (Å²) in [6.07, 6.45) is 5.55. The molecule has 2 heterocycles. The first kappa shape index (κ1) is 14.5. The number of hydrogen-bond donors (Lipinski definition) is 1. The van der Waals surface area contributed by atoms with Crippen LogP contribution in [0.3, 0.4) is 0 Å². The second-order valence-electron chi connectivity index (χ2n) is 4.95. The molecule has 1 aromatic carbocycles. The summed E-state index contributed by atoms with van der Waals surface area (Å²) in [7, 11) is -2.11. The highest BCUT2D eigenvalue weighted by atomic mass is 32.2. The van der Waals surface area contributed by atoms with Crippen molar-refractivity contribution in [3.05, 3.63) is 48.4 Å². The molecule has 0 atom stereocenters. The Balaban J connectivity index is 2.11. The van der Waals surface area contributed by atoms with Crippen LogP contribution in [0, 0.1) is 0 Å². The van der Waals surface area contributed by atoms with Crippen molar-refractivity contribution < 1.29 is 8.42 Å². The molecule has 0 fully saturated rings. The van der Waals surface area contributed by atoms with E-state index >= 15 is 0 Å². The van der Waals surface area contributed by atoms with Crippen LogP contribution in [0.4, 0.5) is 5.69 Å². The number of pyridine rings is 1. The summed E-state index contributed by atoms with van der Waals surface area (Å²) in [5.74, 6) is 0. The average molecular weight is 316 g/mol. The fourth-order valence-corrected chi connectivity index (χ4v) is 3.61. The highest BCUT2D eigenvalue weighted by molar-refractivity contribution is 7.92. The highest BCUT2D eigenvalue weighted by Gasteiger charge is 2.20. The molecule has 6 nitrogen and oxygen atoms in total. The molecule has 0 radical (unpaired) electrons. The van der Waals surface area contributed by atoms with Crippen molar-refractivity contribution >= 4 is 26.6 Å². The van der Waals surface area contributed by atoms with E-state index in [0.29, 0.717) is 11.2 Å². The number of nitrogens with one attached hydrogen (secondary N) is 1. The van der Waals surface area contributed by atoms with Gasteiger partial charge in [0.25, 0.3) is 10.0 Å². The second-order valence-corrected chi connectivity index (χ2v) is 6.53.